The zero-order chi connectivity index (χ0) is 48.8. The Kier molecular flexibility index (Phi) is 17.6. The van der Waals surface area contributed by atoms with Gasteiger partial charge in [-0.3, -0.25) is 24.0 Å². The number of esters is 2. The van der Waals surface area contributed by atoms with Crippen LogP contribution in [0.5, 0.6) is 0 Å². The molecule has 378 valence electrons. The second-order valence-electron chi connectivity index (χ2n) is 22.8. The van der Waals surface area contributed by atoms with Gasteiger partial charge in [0.25, 0.3) is 0 Å². The van der Waals surface area contributed by atoms with Gasteiger partial charge in [0.1, 0.15) is 23.3 Å². The summed E-state index contributed by atoms with van der Waals surface area (Å²) in [6.07, 6.45) is 16.9. The molecule has 0 aromatic rings. The number of alkyl carbamates (subject to hydrolysis) is 2. The van der Waals surface area contributed by atoms with Gasteiger partial charge in [0.15, 0.2) is 0 Å². The summed E-state index contributed by atoms with van der Waals surface area (Å²) in [6, 6.07) is -2.02. The van der Waals surface area contributed by atoms with Crippen LogP contribution >= 0.6 is 0 Å². The second-order valence-corrected chi connectivity index (χ2v) is 22.8. The van der Waals surface area contributed by atoms with Crippen molar-refractivity contribution in [2.75, 3.05) is 33.9 Å². The van der Waals surface area contributed by atoms with Crippen molar-refractivity contribution in [3.8, 4) is 0 Å². The van der Waals surface area contributed by atoms with Crippen LogP contribution < -0.4 is 10.6 Å². The molecule has 8 fully saturated rings. The van der Waals surface area contributed by atoms with Crippen molar-refractivity contribution < 1.29 is 52.5 Å². The van der Waals surface area contributed by atoms with E-state index < -0.39 is 53.4 Å². The summed E-state index contributed by atoms with van der Waals surface area (Å²) in [7, 11) is 2.75. The van der Waals surface area contributed by atoms with Gasteiger partial charge in [0.05, 0.1) is 38.1 Å². The SMILES string of the molecule is CC1CC1.COC(=O)[C@H]1CC[C@@H]2CCN(C(=O)[C@@H](NC(=O)OC(C)(C)C)C3CCCCC3)[C@@H]21.COC(=O)[C@H]1CN(C(=O)C2CC2)[C@@H]2CCN(C(=O)[C@@H](NC(=O)OC(C)(C)C)C3CCCCC3)[C@H]12. The number of amides is 5. The number of hydrogen-bond acceptors (Lipinski definition) is 11. The second kappa shape index (κ2) is 22.5. The van der Waals surface area contributed by atoms with Gasteiger partial charge in [-0.2, -0.15) is 0 Å². The number of fused-ring (bicyclic) bond motifs is 2. The van der Waals surface area contributed by atoms with Gasteiger partial charge in [-0.25, -0.2) is 9.59 Å². The van der Waals surface area contributed by atoms with E-state index in [9.17, 15) is 33.6 Å². The largest absolute Gasteiger partial charge is 0.469 e. The van der Waals surface area contributed by atoms with E-state index in [4.69, 9.17) is 18.9 Å². The number of nitrogens with zero attached hydrogens (tertiary/aromatic N) is 3. The van der Waals surface area contributed by atoms with Crippen molar-refractivity contribution in [1.82, 2.24) is 25.3 Å². The van der Waals surface area contributed by atoms with E-state index >= 15 is 0 Å². The topological polar surface area (TPSA) is 190 Å². The number of ether oxygens (including phenoxy) is 4. The average Bonchev–Trinajstić information content (AvgIpc) is 4.09. The van der Waals surface area contributed by atoms with Crippen LogP contribution in [0.4, 0.5) is 9.59 Å². The lowest BCUT2D eigenvalue weighted by molar-refractivity contribution is -0.150. The Morgan fingerprint density at radius 3 is 1.40 bits per heavy atom. The van der Waals surface area contributed by atoms with Gasteiger partial charge in [-0.1, -0.05) is 58.3 Å². The highest BCUT2D eigenvalue weighted by atomic mass is 16.6. The number of methoxy groups -OCH3 is 2. The van der Waals surface area contributed by atoms with E-state index in [1.54, 1.807) is 25.7 Å². The first-order valence-corrected chi connectivity index (χ1v) is 25.8. The molecule has 8 rings (SSSR count). The maximum Gasteiger partial charge on any atom is 0.408 e. The highest BCUT2D eigenvalue weighted by molar-refractivity contribution is 5.89. The quantitative estimate of drug-likeness (QED) is 0.176. The molecule has 3 aliphatic heterocycles. The number of hydrogen-bond donors (Lipinski definition) is 2. The molecule has 16 heteroatoms. The summed E-state index contributed by atoms with van der Waals surface area (Å²) in [4.78, 5) is 96.1. The van der Waals surface area contributed by atoms with Gasteiger partial charge >= 0.3 is 24.1 Å². The number of rotatable bonds is 9. The van der Waals surface area contributed by atoms with Crippen LogP contribution in [0.3, 0.4) is 0 Å². The number of likely N-dealkylation sites (tertiary alicyclic amines) is 3. The summed E-state index contributed by atoms with van der Waals surface area (Å²) in [5.41, 5.74) is -1.29. The molecular formula is C51H83N5O11. The van der Waals surface area contributed by atoms with E-state index in [1.165, 1.54) is 33.5 Å². The van der Waals surface area contributed by atoms with E-state index in [0.717, 1.165) is 95.8 Å². The fourth-order valence-electron chi connectivity index (χ4n) is 11.6. The molecule has 0 spiro atoms. The van der Waals surface area contributed by atoms with Crippen LogP contribution in [-0.4, -0.2) is 132 Å². The summed E-state index contributed by atoms with van der Waals surface area (Å²) < 4.78 is 21.0. The Bertz CT molecular complexity index is 1760. The van der Waals surface area contributed by atoms with E-state index in [1.807, 2.05) is 30.6 Å². The zero-order valence-electron chi connectivity index (χ0n) is 42.1. The normalized spacial score (nSPS) is 28.3. The predicted molar refractivity (Wildman–Crippen MR) is 250 cm³/mol. The molecular weight excluding hydrogens is 859 g/mol. The number of carbonyl (C=O) groups excluding carboxylic acids is 7. The Hall–Kier alpha value is -4.11. The molecule has 0 unspecified atom stereocenters. The molecule has 3 saturated heterocycles. The third-order valence-electron chi connectivity index (χ3n) is 15.2. The summed E-state index contributed by atoms with van der Waals surface area (Å²) >= 11 is 0. The van der Waals surface area contributed by atoms with Crippen LogP contribution in [0.15, 0.2) is 0 Å². The number of nitrogens with one attached hydrogen (secondary N) is 2. The highest BCUT2D eigenvalue weighted by Crippen LogP contribution is 2.44. The van der Waals surface area contributed by atoms with Crippen molar-refractivity contribution in [2.45, 2.75) is 205 Å². The Morgan fingerprint density at radius 1 is 0.522 bits per heavy atom. The molecule has 5 amide bonds. The minimum atomic E-state index is -0.708. The lowest BCUT2D eigenvalue weighted by Gasteiger charge is -2.36. The van der Waals surface area contributed by atoms with Crippen molar-refractivity contribution in [1.29, 1.82) is 0 Å². The Balaban J connectivity index is 0.000000206. The minimum Gasteiger partial charge on any atom is -0.469 e. The number of carbonyl (C=O) groups is 7. The van der Waals surface area contributed by atoms with Crippen LogP contribution in [0.2, 0.25) is 0 Å². The molecule has 8 aliphatic rings. The maximum absolute atomic E-state index is 14.0. The third-order valence-corrected chi connectivity index (χ3v) is 15.2. The van der Waals surface area contributed by atoms with Gasteiger partial charge in [-0.05, 0) is 129 Å². The highest BCUT2D eigenvalue weighted by Gasteiger charge is 2.57. The molecule has 5 saturated carbocycles. The van der Waals surface area contributed by atoms with Crippen LogP contribution in [0, 0.1) is 41.4 Å². The van der Waals surface area contributed by atoms with Gasteiger partial charge in [0.2, 0.25) is 17.7 Å². The molecule has 5 aliphatic carbocycles. The first-order chi connectivity index (χ1) is 31.7. The fraction of sp³-hybridized carbons (Fsp3) is 0.863. The van der Waals surface area contributed by atoms with Gasteiger partial charge < -0.3 is 44.3 Å². The monoisotopic (exact) mass is 942 g/mol. The summed E-state index contributed by atoms with van der Waals surface area (Å²) in [5.74, 6) is -0.000320. The standard InChI is InChI=1S/C25H39N3O6.C22H36N2O5.C4H8/c1-25(2,3)34-24(32)26-19(15-8-6-5-7-9-15)22(30)27-13-12-18-20(27)17(23(31)33-4)14-28(18)21(29)16-10-11-16;1-22(2,3)29-21(27)23-17(14-8-6-5-7-9-14)19(25)24-13-12-15-10-11-16(18(15)24)20(26)28-4;1-4-2-3-4/h15-20H,5-14H2,1-4H3,(H,26,32);14-18H,5-13H2,1-4H3,(H,23,27);4H,2-3H2,1H3/t17-,18+,19-,20+;15-,16+,17+,18+;/m01./s1. The summed E-state index contributed by atoms with van der Waals surface area (Å²) in [6.45, 7) is 14.5. The first kappa shape index (κ1) is 52.3. The molecule has 2 N–H and O–H groups in total. The minimum absolute atomic E-state index is 0.0231. The van der Waals surface area contributed by atoms with Crippen LogP contribution in [0.1, 0.15) is 164 Å². The molecule has 0 aromatic heterocycles. The maximum atomic E-state index is 14.0. The van der Waals surface area contributed by atoms with Crippen molar-refractivity contribution in [3.05, 3.63) is 0 Å². The fourth-order valence-corrected chi connectivity index (χ4v) is 11.6. The molecule has 67 heavy (non-hydrogen) atoms. The summed E-state index contributed by atoms with van der Waals surface area (Å²) in [5, 5.41) is 5.76. The van der Waals surface area contributed by atoms with Crippen molar-refractivity contribution >= 4 is 41.8 Å². The third kappa shape index (κ3) is 13.8. The van der Waals surface area contributed by atoms with Crippen molar-refractivity contribution in [3.63, 3.8) is 0 Å². The van der Waals surface area contributed by atoms with Crippen molar-refractivity contribution in [2.24, 2.45) is 41.4 Å². The van der Waals surface area contributed by atoms with E-state index in [0.29, 0.717) is 25.4 Å². The first-order valence-electron chi connectivity index (χ1n) is 25.8. The molecule has 8 atom stereocenters. The molecule has 3 heterocycles. The molecule has 0 aromatic carbocycles. The van der Waals surface area contributed by atoms with E-state index in [-0.39, 0.29) is 66.0 Å². The smallest absolute Gasteiger partial charge is 0.408 e. The molecule has 16 nitrogen and oxygen atoms in total. The Morgan fingerprint density at radius 2 is 0.970 bits per heavy atom. The Labute approximate surface area is 399 Å². The average molecular weight is 942 g/mol. The zero-order valence-corrected chi connectivity index (χ0v) is 42.1. The van der Waals surface area contributed by atoms with Gasteiger partial charge in [0, 0.05) is 31.6 Å². The molecule has 0 radical (unpaired) electrons. The van der Waals surface area contributed by atoms with Gasteiger partial charge in [-0.15, -0.1) is 0 Å². The lowest BCUT2D eigenvalue weighted by atomic mass is 9.83. The van der Waals surface area contributed by atoms with Crippen LogP contribution in [-0.2, 0) is 42.9 Å². The van der Waals surface area contributed by atoms with Crippen LogP contribution in [0.25, 0.3) is 0 Å². The molecule has 0 bridgehead atoms. The lowest BCUT2D eigenvalue weighted by Crippen LogP contribution is -2.56. The van der Waals surface area contributed by atoms with E-state index in [2.05, 4.69) is 17.6 Å². The predicted octanol–water partition coefficient (Wildman–Crippen LogP) is 7.15.